The first-order chi connectivity index (χ1) is 7.08. The van der Waals surface area contributed by atoms with Crippen molar-refractivity contribution < 1.29 is 0 Å². The van der Waals surface area contributed by atoms with Crippen LogP contribution in [0.25, 0.3) is 0 Å². The minimum Gasteiger partial charge on any atom is -0.386 e. The molecule has 0 bridgehead atoms. The lowest BCUT2D eigenvalue weighted by atomic mass is 10.2. The van der Waals surface area contributed by atoms with Crippen LogP contribution >= 0.6 is 45.8 Å². The smallest absolute Gasteiger partial charge is 0.115 e. The number of halogens is 3. The number of hydrogen-bond acceptors (Lipinski definition) is 2. The monoisotopic (exact) mass is 353 g/mol. The Balaban J connectivity index is 3.24. The maximum atomic E-state index is 8.74. The molecule has 0 aliphatic carbocycles. The second-order valence-corrected chi connectivity index (χ2v) is 4.47. The molecule has 2 N–H and O–H groups in total. The van der Waals surface area contributed by atoms with Gasteiger partial charge >= 0.3 is 0 Å². The molecule has 0 heterocycles. The molecule has 78 valence electrons. The Hall–Kier alpha value is -0.510. The van der Waals surface area contributed by atoms with E-state index in [2.05, 4.69) is 27.6 Å². The third-order valence-corrected chi connectivity index (χ3v) is 3.01. The van der Waals surface area contributed by atoms with Crippen LogP contribution in [0.1, 0.15) is 5.56 Å². The second-order valence-electron chi connectivity index (χ2n) is 2.63. The first-order valence-corrected chi connectivity index (χ1v) is 5.85. The molecule has 0 saturated carbocycles. The van der Waals surface area contributed by atoms with Gasteiger partial charge in [-0.2, -0.15) is 5.26 Å². The molecule has 1 aromatic carbocycles. The van der Waals surface area contributed by atoms with Gasteiger partial charge in [0, 0.05) is 3.57 Å². The maximum Gasteiger partial charge on any atom is 0.115 e. The number of benzene rings is 1. The van der Waals surface area contributed by atoms with Crippen molar-refractivity contribution in [1.82, 2.24) is 0 Å². The number of alkyl halides is 1. The molecule has 0 fully saturated rings. The number of nitrogens with two attached hydrogens (primary N) is 1. The van der Waals surface area contributed by atoms with Gasteiger partial charge < -0.3 is 5.73 Å². The number of nitrogens with zero attached hydrogens (tertiary/aromatic N) is 2. The Morgan fingerprint density at radius 3 is 2.80 bits per heavy atom. The topological polar surface area (TPSA) is 62.2 Å². The Morgan fingerprint density at radius 2 is 2.27 bits per heavy atom. The summed E-state index contributed by atoms with van der Waals surface area (Å²) in [6.07, 6.45) is 0. The van der Waals surface area contributed by atoms with Gasteiger partial charge in [-0.3, -0.25) is 0 Å². The molecule has 0 amide bonds. The van der Waals surface area contributed by atoms with Crippen molar-refractivity contribution in [2.75, 3.05) is 5.88 Å². The van der Waals surface area contributed by atoms with E-state index in [4.69, 9.17) is 34.2 Å². The average Bonchev–Trinajstić information content (AvgIpc) is 2.22. The minimum absolute atomic E-state index is 0.160. The van der Waals surface area contributed by atoms with Crippen molar-refractivity contribution in [1.29, 1.82) is 5.26 Å². The first kappa shape index (κ1) is 12.6. The molecule has 0 aliphatic rings. The average molecular weight is 354 g/mol. The third-order valence-electron chi connectivity index (χ3n) is 1.56. The van der Waals surface area contributed by atoms with E-state index < -0.39 is 0 Å². The summed E-state index contributed by atoms with van der Waals surface area (Å²) in [5, 5.41) is 9.10. The lowest BCUT2D eigenvalue weighted by Gasteiger charge is -2.02. The lowest BCUT2D eigenvalue weighted by Crippen LogP contribution is -2.12. The van der Waals surface area contributed by atoms with Gasteiger partial charge in [0.15, 0.2) is 0 Å². The largest absolute Gasteiger partial charge is 0.386 e. The van der Waals surface area contributed by atoms with Crippen LogP contribution in [0.2, 0.25) is 5.02 Å². The predicted octanol–water partition coefficient (Wildman–Crippen LogP) is 3.04. The van der Waals surface area contributed by atoms with E-state index in [1.165, 1.54) is 0 Å². The molecule has 6 heteroatoms. The van der Waals surface area contributed by atoms with E-state index >= 15 is 0 Å². The Labute approximate surface area is 111 Å². The van der Waals surface area contributed by atoms with E-state index in [0.29, 0.717) is 22.1 Å². The Kier molecular flexibility index (Phi) is 4.64. The third kappa shape index (κ3) is 3.23. The summed E-state index contributed by atoms with van der Waals surface area (Å²) >= 11 is 13.4. The normalized spacial score (nSPS) is 11.2. The summed E-state index contributed by atoms with van der Waals surface area (Å²) in [6, 6.07) is 5.24. The summed E-state index contributed by atoms with van der Waals surface area (Å²) in [5.41, 5.74) is 6.54. The van der Waals surface area contributed by atoms with Crippen molar-refractivity contribution in [2.45, 2.75) is 0 Å². The molecule has 0 radical (unpaired) electrons. The summed E-state index contributed by atoms with van der Waals surface area (Å²) in [6.45, 7) is 0. The van der Waals surface area contributed by atoms with Crippen LogP contribution < -0.4 is 5.73 Å². The standard InChI is InChI=1S/C9H6Cl2IN3/c10-3-9(14)15-8-2-6(11)5(4-13)1-7(8)12/h1-2H,3H2,(H2,14,15). The van der Waals surface area contributed by atoms with Crippen LogP contribution in [0, 0.1) is 14.9 Å². The fraction of sp³-hybridized carbons (Fsp3) is 0.111. The zero-order valence-corrected chi connectivity index (χ0v) is 11.1. The van der Waals surface area contributed by atoms with Crippen molar-refractivity contribution in [2.24, 2.45) is 10.7 Å². The van der Waals surface area contributed by atoms with E-state index in [0.717, 1.165) is 3.57 Å². The number of nitriles is 1. The minimum atomic E-state index is 0.160. The maximum absolute atomic E-state index is 8.74. The molecular weight excluding hydrogens is 348 g/mol. The number of amidine groups is 1. The number of rotatable bonds is 2. The first-order valence-electron chi connectivity index (χ1n) is 3.86. The van der Waals surface area contributed by atoms with E-state index in [-0.39, 0.29) is 5.88 Å². The van der Waals surface area contributed by atoms with Gasteiger partial charge in [0.25, 0.3) is 0 Å². The van der Waals surface area contributed by atoms with Crippen LogP contribution in [-0.4, -0.2) is 11.7 Å². The molecule has 3 nitrogen and oxygen atoms in total. The Morgan fingerprint density at radius 1 is 1.60 bits per heavy atom. The predicted molar refractivity (Wildman–Crippen MR) is 70.9 cm³/mol. The zero-order chi connectivity index (χ0) is 11.4. The van der Waals surface area contributed by atoms with E-state index in [1.54, 1.807) is 12.1 Å². The van der Waals surface area contributed by atoms with Crippen molar-refractivity contribution >= 4 is 57.3 Å². The summed E-state index contributed by atoms with van der Waals surface area (Å²) in [5.74, 6) is 0.476. The van der Waals surface area contributed by atoms with Crippen LogP contribution in [-0.2, 0) is 0 Å². The highest BCUT2D eigenvalue weighted by Gasteiger charge is 2.06. The highest BCUT2D eigenvalue weighted by atomic mass is 127. The van der Waals surface area contributed by atoms with E-state index in [1.807, 2.05) is 6.07 Å². The van der Waals surface area contributed by atoms with Crippen molar-refractivity contribution in [3.05, 3.63) is 26.3 Å². The number of aliphatic imine (C=N–C) groups is 1. The molecule has 0 aliphatic heterocycles. The molecule has 0 atom stereocenters. The fourth-order valence-corrected chi connectivity index (χ4v) is 1.74. The van der Waals surface area contributed by atoms with Gasteiger partial charge in [-0.05, 0) is 34.7 Å². The SMILES string of the molecule is N#Cc1cc(I)c(N=C(N)CCl)cc1Cl. The summed E-state index contributed by atoms with van der Waals surface area (Å²) in [4.78, 5) is 4.07. The molecule has 15 heavy (non-hydrogen) atoms. The van der Waals surface area contributed by atoms with Gasteiger partial charge in [-0.25, -0.2) is 4.99 Å². The molecular formula is C9H6Cl2IN3. The fourth-order valence-electron chi connectivity index (χ4n) is 0.892. The molecule has 0 unspecified atom stereocenters. The Bertz CT molecular complexity index is 451. The van der Waals surface area contributed by atoms with Crippen molar-refractivity contribution in [3.63, 3.8) is 0 Å². The van der Waals surface area contributed by atoms with Gasteiger partial charge in [0.2, 0.25) is 0 Å². The second kappa shape index (κ2) is 5.54. The van der Waals surface area contributed by atoms with Gasteiger partial charge in [0.1, 0.15) is 11.9 Å². The molecule has 1 aromatic rings. The molecule has 1 rings (SSSR count). The molecule has 0 spiro atoms. The van der Waals surface area contributed by atoms with Gasteiger partial charge in [-0.15, -0.1) is 11.6 Å². The highest BCUT2D eigenvalue weighted by Crippen LogP contribution is 2.28. The summed E-state index contributed by atoms with van der Waals surface area (Å²) in [7, 11) is 0. The molecule has 0 aromatic heterocycles. The van der Waals surface area contributed by atoms with Crippen LogP contribution in [0.5, 0.6) is 0 Å². The summed E-state index contributed by atoms with van der Waals surface area (Å²) < 4.78 is 0.807. The number of hydrogen-bond donors (Lipinski definition) is 1. The lowest BCUT2D eigenvalue weighted by molar-refractivity contribution is 1.41. The van der Waals surface area contributed by atoms with Crippen LogP contribution in [0.4, 0.5) is 5.69 Å². The van der Waals surface area contributed by atoms with Gasteiger partial charge in [-0.1, -0.05) is 11.6 Å². The van der Waals surface area contributed by atoms with Crippen LogP contribution in [0.3, 0.4) is 0 Å². The molecule has 0 saturated heterocycles. The zero-order valence-electron chi connectivity index (χ0n) is 7.47. The van der Waals surface area contributed by atoms with Crippen molar-refractivity contribution in [3.8, 4) is 6.07 Å². The highest BCUT2D eigenvalue weighted by molar-refractivity contribution is 14.1. The van der Waals surface area contributed by atoms with Crippen LogP contribution in [0.15, 0.2) is 17.1 Å². The van der Waals surface area contributed by atoms with Gasteiger partial charge in [0.05, 0.1) is 22.2 Å². The van der Waals surface area contributed by atoms with E-state index in [9.17, 15) is 0 Å². The quantitative estimate of drug-likeness (QED) is 0.384.